The molecule has 0 spiro atoms. The van der Waals surface area contributed by atoms with Crippen molar-refractivity contribution in [1.82, 2.24) is 10.3 Å². The van der Waals surface area contributed by atoms with E-state index in [1.54, 1.807) is 36.4 Å². The number of nitrogens with one attached hydrogen (secondary N) is 1. The lowest BCUT2D eigenvalue weighted by Gasteiger charge is -2.26. The predicted octanol–water partition coefficient (Wildman–Crippen LogP) is 5.90. The number of hydrogen-bond donors (Lipinski definition) is 2. The molecule has 0 aliphatic carbocycles. The van der Waals surface area contributed by atoms with Crippen LogP contribution in [0.4, 0.5) is 0 Å². The van der Waals surface area contributed by atoms with Gasteiger partial charge in [0, 0.05) is 27.5 Å². The van der Waals surface area contributed by atoms with Gasteiger partial charge in [-0.15, -0.1) is 0 Å². The topological polar surface area (TPSA) is 54.4 Å². The van der Waals surface area contributed by atoms with Crippen molar-refractivity contribution >= 4 is 34.1 Å². The average molecular weight is 417 g/mol. The van der Waals surface area contributed by atoms with Gasteiger partial charge in [-0.1, -0.05) is 29.6 Å². The number of aromatic nitrogens is 1. The molecule has 2 unspecified atom stereocenters. The molecule has 1 aliphatic rings. The normalized spacial score (nSPS) is 18.2. The smallest absolute Gasteiger partial charge is 0.220 e. The van der Waals surface area contributed by atoms with Crippen LogP contribution in [-0.4, -0.2) is 22.7 Å². The Hall–Kier alpha value is -1.85. The van der Waals surface area contributed by atoms with Gasteiger partial charge in [0.2, 0.25) is 5.88 Å². The fourth-order valence-corrected chi connectivity index (χ4v) is 3.97. The predicted molar refractivity (Wildman–Crippen MR) is 113 cm³/mol. The zero-order valence-electron chi connectivity index (χ0n) is 15.4. The van der Waals surface area contributed by atoms with E-state index in [2.05, 4.69) is 10.3 Å². The minimum atomic E-state index is -0.632. The first kappa shape index (κ1) is 19.5. The second kappa shape index (κ2) is 8.66. The molecule has 2 aromatic carbocycles. The average Bonchev–Trinajstić information content (AvgIpc) is 2.70. The fraction of sp³-hybridized carbons (Fsp3) is 0.318. The number of aliphatic hydroxyl groups is 1. The van der Waals surface area contributed by atoms with Crippen molar-refractivity contribution in [2.75, 3.05) is 6.54 Å². The van der Waals surface area contributed by atoms with Crippen LogP contribution in [0, 0.1) is 0 Å². The van der Waals surface area contributed by atoms with Crippen LogP contribution in [0.2, 0.25) is 10.0 Å². The molecule has 0 radical (unpaired) electrons. The highest BCUT2D eigenvalue weighted by Crippen LogP contribution is 2.33. The molecule has 6 heteroatoms. The summed E-state index contributed by atoms with van der Waals surface area (Å²) in [6.45, 7) is 1.01. The Morgan fingerprint density at radius 1 is 1.07 bits per heavy atom. The first-order valence-corrected chi connectivity index (χ1v) is 10.3. The second-order valence-electron chi connectivity index (χ2n) is 7.17. The van der Waals surface area contributed by atoms with Gasteiger partial charge in [-0.3, -0.25) is 0 Å². The zero-order valence-corrected chi connectivity index (χ0v) is 16.9. The Kier molecular flexibility index (Phi) is 6.02. The molecule has 1 fully saturated rings. The van der Waals surface area contributed by atoms with Gasteiger partial charge < -0.3 is 15.2 Å². The van der Waals surface area contributed by atoms with Crippen LogP contribution >= 0.6 is 23.2 Å². The van der Waals surface area contributed by atoms with E-state index in [0.717, 1.165) is 29.4 Å². The molecule has 2 heterocycles. The zero-order chi connectivity index (χ0) is 19.5. The monoisotopic (exact) mass is 416 g/mol. The van der Waals surface area contributed by atoms with E-state index < -0.39 is 6.10 Å². The molecule has 1 aromatic heterocycles. The van der Waals surface area contributed by atoms with Gasteiger partial charge in [0.1, 0.15) is 5.75 Å². The number of halogens is 2. The van der Waals surface area contributed by atoms with E-state index in [4.69, 9.17) is 27.9 Å². The Labute approximate surface area is 174 Å². The molecule has 28 heavy (non-hydrogen) atoms. The molecule has 146 valence electrons. The molecule has 2 N–H and O–H groups in total. The summed E-state index contributed by atoms with van der Waals surface area (Å²) < 4.78 is 5.92. The summed E-state index contributed by atoms with van der Waals surface area (Å²) in [6.07, 6.45) is 3.48. The Balaban J connectivity index is 1.67. The summed E-state index contributed by atoms with van der Waals surface area (Å²) in [6, 6.07) is 14.7. The van der Waals surface area contributed by atoms with E-state index in [1.165, 1.54) is 12.8 Å². The van der Waals surface area contributed by atoms with Crippen molar-refractivity contribution in [1.29, 1.82) is 0 Å². The van der Waals surface area contributed by atoms with Crippen LogP contribution < -0.4 is 10.1 Å². The van der Waals surface area contributed by atoms with Crippen LogP contribution in [-0.2, 0) is 0 Å². The molecule has 1 aliphatic heterocycles. The summed E-state index contributed by atoms with van der Waals surface area (Å²) in [4.78, 5) is 4.58. The number of pyridine rings is 1. The number of piperidine rings is 1. The highest BCUT2D eigenvalue weighted by Gasteiger charge is 2.21. The molecular formula is C22H22Cl2N2O2. The first-order valence-electron chi connectivity index (χ1n) is 9.53. The van der Waals surface area contributed by atoms with Crippen LogP contribution in [0.1, 0.15) is 37.4 Å². The Bertz CT molecular complexity index is 957. The lowest BCUT2D eigenvalue weighted by Crippen LogP contribution is -2.35. The van der Waals surface area contributed by atoms with Gasteiger partial charge in [0.05, 0.1) is 11.6 Å². The van der Waals surface area contributed by atoms with Crippen molar-refractivity contribution in [3.8, 4) is 11.6 Å². The SMILES string of the molecule is OC(CC1CCCCN1)c1cc(Oc2ccc(Cl)cc2)nc2ccc(Cl)cc12. The van der Waals surface area contributed by atoms with Crippen LogP contribution in [0.25, 0.3) is 10.9 Å². The third-order valence-electron chi connectivity index (χ3n) is 5.09. The molecule has 3 aromatic rings. The third kappa shape index (κ3) is 4.58. The number of aliphatic hydroxyl groups excluding tert-OH is 1. The molecule has 0 saturated carbocycles. The van der Waals surface area contributed by atoms with Gasteiger partial charge in [-0.25, -0.2) is 4.98 Å². The van der Waals surface area contributed by atoms with Crippen molar-refractivity contribution < 1.29 is 9.84 Å². The number of rotatable bonds is 5. The van der Waals surface area contributed by atoms with Gasteiger partial charge in [0.15, 0.2) is 0 Å². The minimum Gasteiger partial charge on any atom is -0.439 e. The first-order chi connectivity index (χ1) is 13.6. The lowest BCUT2D eigenvalue weighted by atomic mass is 9.94. The van der Waals surface area contributed by atoms with Crippen molar-refractivity contribution in [3.63, 3.8) is 0 Å². The molecule has 4 rings (SSSR count). The van der Waals surface area contributed by atoms with Gasteiger partial charge in [-0.05, 0) is 73.8 Å². The molecule has 4 nitrogen and oxygen atoms in total. The summed E-state index contributed by atoms with van der Waals surface area (Å²) in [7, 11) is 0. The van der Waals surface area contributed by atoms with E-state index >= 15 is 0 Å². The third-order valence-corrected chi connectivity index (χ3v) is 5.58. The van der Waals surface area contributed by atoms with Crippen LogP contribution in [0.5, 0.6) is 11.6 Å². The maximum Gasteiger partial charge on any atom is 0.220 e. The molecule has 0 bridgehead atoms. The number of hydrogen-bond acceptors (Lipinski definition) is 4. The van der Waals surface area contributed by atoms with Crippen molar-refractivity contribution in [2.24, 2.45) is 0 Å². The lowest BCUT2D eigenvalue weighted by molar-refractivity contribution is 0.145. The highest BCUT2D eigenvalue weighted by atomic mass is 35.5. The van der Waals surface area contributed by atoms with Gasteiger partial charge in [0.25, 0.3) is 0 Å². The van der Waals surface area contributed by atoms with Crippen LogP contribution in [0.15, 0.2) is 48.5 Å². The standard InChI is InChI=1S/C22H22Cl2N2O2/c23-14-4-7-17(8-5-14)28-22-13-19(18-11-15(24)6-9-20(18)26-22)21(27)12-16-3-1-2-10-25-16/h4-9,11,13,16,21,25,27H,1-3,10,12H2. The number of ether oxygens (including phenoxy) is 1. The molecular weight excluding hydrogens is 395 g/mol. The fourth-order valence-electron chi connectivity index (χ4n) is 3.67. The summed E-state index contributed by atoms with van der Waals surface area (Å²) in [5.74, 6) is 1.07. The van der Waals surface area contributed by atoms with Crippen molar-refractivity contribution in [2.45, 2.75) is 37.8 Å². The summed E-state index contributed by atoms with van der Waals surface area (Å²) >= 11 is 12.2. The Morgan fingerprint density at radius 3 is 2.61 bits per heavy atom. The summed E-state index contributed by atoms with van der Waals surface area (Å²) in [5, 5.41) is 16.6. The molecule has 1 saturated heterocycles. The van der Waals surface area contributed by atoms with Gasteiger partial charge in [-0.2, -0.15) is 0 Å². The highest BCUT2D eigenvalue weighted by molar-refractivity contribution is 6.31. The van der Waals surface area contributed by atoms with Crippen molar-refractivity contribution in [3.05, 3.63) is 64.1 Å². The molecule has 0 amide bonds. The minimum absolute atomic E-state index is 0.312. The summed E-state index contributed by atoms with van der Waals surface area (Å²) in [5.41, 5.74) is 1.52. The van der Waals surface area contributed by atoms with Crippen LogP contribution in [0.3, 0.4) is 0 Å². The van der Waals surface area contributed by atoms with E-state index in [0.29, 0.717) is 34.1 Å². The van der Waals surface area contributed by atoms with E-state index in [9.17, 15) is 5.11 Å². The van der Waals surface area contributed by atoms with E-state index in [-0.39, 0.29) is 0 Å². The largest absolute Gasteiger partial charge is 0.439 e. The second-order valence-corrected chi connectivity index (χ2v) is 8.04. The quantitative estimate of drug-likeness (QED) is 0.543. The number of fused-ring (bicyclic) bond motifs is 1. The number of nitrogens with zero attached hydrogens (tertiary/aromatic N) is 1. The maximum absolute atomic E-state index is 11.0. The maximum atomic E-state index is 11.0. The number of benzene rings is 2. The van der Waals surface area contributed by atoms with E-state index in [1.807, 2.05) is 12.1 Å². The Morgan fingerprint density at radius 2 is 1.86 bits per heavy atom. The van der Waals surface area contributed by atoms with Gasteiger partial charge >= 0.3 is 0 Å². The molecule has 2 atom stereocenters.